The molecule has 0 bridgehead atoms. The average molecular weight is 275 g/mol. The van der Waals surface area contributed by atoms with E-state index >= 15 is 0 Å². The van der Waals surface area contributed by atoms with Crippen LogP contribution in [0.4, 0.5) is 13.2 Å². The number of oxime groups is 1. The van der Waals surface area contributed by atoms with E-state index in [0.717, 1.165) is 12.1 Å². The first-order valence-electron chi connectivity index (χ1n) is 5.22. The first-order chi connectivity index (χ1) is 8.82. The smallest absolute Gasteiger partial charge is 0.409 e. The van der Waals surface area contributed by atoms with Crippen LogP contribution >= 0.6 is 0 Å². The van der Waals surface area contributed by atoms with Crippen LogP contribution in [-0.2, 0) is 17.4 Å². The summed E-state index contributed by atoms with van der Waals surface area (Å²) in [7, 11) is 0. The average Bonchev–Trinajstić information content (AvgIpc) is 2.35. The summed E-state index contributed by atoms with van der Waals surface area (Å²) in [6.45, 7) is -0.129. The molecule has 0 aliphatic rings. The molecule has 0 heterocycles. The number of alkyl halides is 3. The van der Waals surface area contributed by atoms with Gasteiger partial charge in [-0.25, -0.2) is 0 Å². The van der Waals surface area contributed by atoms with E-state index in [0.29, 0.717) is 5.56 Å². The van der Waals surface area contributed by atoms with Crippen molar-refractivity contribution >= 4 is 11.7 Å². The fourth-order valence-corrected chi connectivity index (χ4v) is 1.28. The third-order valence-electron chi connectivity index (χ3n) is 2.24. The summed E-state index contributed by atoms with van der Waals surface area (Å²) >= 11 is 0. The normalized spacial score (nSPS) is 12.3. The number of rotatable bonds is 4. The Morgan fingerprint density at radius 3 is 2.37 bits per heavy atom. The molecule has 1 rings (SSSR count). The largest absolute Gasteiger partial charge is 0.416 e. The van der Waals surface area contributed by atoms with Gasteiger partial charge in [-0.15, -0.1) is 0 Å². The molecule has 8 heteroatoms. The van der Waals surface area contributed by atoms with Crippen molar-refractivity contribution < 1.29 is 23.2 Å². The number of benzene rings is 1. The van der Waals surface area contributed by atoms with Crippen molar-refractivity contribution in [1.29, 1.82) is 0 Å². The highest BCUT2D eigenvalue weighted by Crippen LogP contribution is 2.29. The Morgan fingerprint density at radius 1 is 1.32 bits per heavy atom. The quantitative estimate of drug-likeness (QED) is 0.333. The van der Waals surface area contributed by atoms with E-state index in [1.807, 2.05) is 0 Å². The van der Waals surface area contributed by atoms with Gasteiger partial charge in [-0.2, -0.15) is 13.2 Å². The lowest BCUT2D eigenvalue weighted by Crippen LogP contribution is -2.34. The van der Waals surface area contributed by atoms with E-state index in [9.17, 15) is 18.0 Å². The van der Waals surface area contributed by atoms with Crippen LogP contribution in [-0.4, -0.2) is 23.5 Å². The molecule has 0 aromatic heterocycles. The molecule has 1 aromatic rings. The van der Waals surface area contributed by atoms with Crippen LogP contribution in [0.25, 0.3) is 0 Å². The Bertz CT molecular complexity index is 469. The first kappa shape index (κ1) is 14.8. The number of hydrogen-bond acceptors (Lipinski definition) is 3. The number of nitrogens with two attached hydrogens (primary N) is 1. The molecular weight excluding hydrogens is 263 g/mol. The van der Waals surface area contributed by atoms with Crippen molar-refractivity contribution in [2.24, 2.45) is 10.9 Å². The monoisotopic (exact) mass is 275 g/mol. The minimum atomic E-state index is -4.40. The number of carbonyl (C=O) groups is 1. The van der Waals surface area contributed by atoms with Crippen LogP contribution in [0.2, 0.25) is 0 Å². The summed E-state index contributed by atoms with van der Waals surface area (Å²) in [4.78, 5) is 11.4. The van der Waals surface area contributed by atoms with Gasteiger partial charge in [-0.3, -0.25) is 4.79 Å². The Kier molecular flexibility index (Phi) is 4.74. The maximum absolute atomic E-state index is 12.3. The van der Waals surface area contributed by atoms with Crippen molar-refractivity contribution in [3.05, 3.63) is 35.4 Å². The molecule has 0 atom stereocenters. The Hall–Kier alpha value is -2.25. The first-order valence-corrected chi connectivity index (χ1v) is 5.22. The molecule has 0 saturated heterocycles. The predicted molar refractivity (Wildman–Crippen MR) is 61.6 cm³/mol. The summed E-state index contributed by atoms with van der Waals surface area (Å²) in [5.74, 6) is -0.605. The standard InChI is InChI=1S/C11H12F3N3O2/c12-11(13,14)8-3-1-7(2-4-8)5-10(18)16-6-9(15)17-19/h1-4,19H,5-6H2,(H2,15,17)(H,16,18). The van der Waals surface area contributed by atoms with Gasteiger partial charge in [0.2, 0.25) is 5.91 Å². The van der Waals surface area contributed by atoms with E-state index in [-0.39, 0.29) is 18.8 Å². The fourth-order valence-electron chi connectivity index (χ4n) is 1.28. The Balaban J connectivity index is 2.56. The topological polar surface area (TPSA) is 87.7 Å². The lowest BCUT2D eigenvalue weighted by Gasteiger charge is -2.08. The number of halogens is 3. The fraction of sp³-hybridized carbons (Fsp3) is 0.273. The van der Waals surface area contributed by atoms with Crippen LogP contribution in [0.3, 0.4) is 0 Å². The van der Waals surface area contributed by atoms with E-state index in [4.69, 9.17) is 10.9 Å². The van der Waals surface area contributed by atoms with Gasteiger partial charge in [0.15, 0.2) is 5.84 Å². The molecule has 1 aromatic carbocycles. The van der Waals surface area contributed by atoms with Crippen LogP contribution in [0.1, 0.15) is 11.1 Å². The Morgan fingerprint density at radius 2 is 1.89 bits per heavy atom. The van der Waals surface area contributed by atoms with E-state index in [2.05, 4.69) is 10.5 Å². The second-order valence-electron chi connectivity index (χ2n) is 3.74. The Labute approximate surface area is 106 Å². The van der Waals surface area contributed by atoms with E-state index in [1.54, 1.807) is 0 Å². The zero-order valence-corrected chi connectivity index (χ0v) is 9.74. The van der Waals surface area contributed by atoms with Crippen molar-refractivity contribution in [2.75, 3.05) is 6.54 Å². The highest BCUT2D eigenvalue weighted by molar-refractivity contribution is 5.87. The summed E-state index contributed by atoms with van der Waals surface area (Å²) in [6.07, 6.45) is -4.48. The second-order valence-corrected chi connectivity index (χ2v) is 3.74. The molecule has 0 spiro atoms. The second kappa shape index (κ2) is 6.07. The van der Waals surface area contributed by atoms with Gasteiger partial charge in [-0.1, -0.05) is 17.3 Å². The van der Waals surface area contributed by atoms with Crippen molar-refractivity contribution in [1.82, 2.24) is 5.32 Å². The minimum absolute atomic E-state index is 0.0865. The molecule has 0 unspecified atom stereocenters. The molecular formula is C11H12F3N3O2. The molecule has 0 aliphatic heterocycles. The van der Waals surface area contributed by atoms with Crippen molar-refractivity contribution in [3.63, 3.8) is 0 Å². The van der Waals surface area contributed by atoms with E-state index < -0.39 is 17.6 Å². The number of hydrogen-bond donors (Lipinski definition) is 3. The third kappa shape index (κ3) is 4.86. The van der Waals surface area contributed by atoms with Gasteiger partial charge in [0.05, 0.1) is 18.5 Å². The van der Waals surface area contributed by atoms with Gasteiger partial charge in [0, 0.05) is 0 Å². The maximum atomic E-state index is 12.3. The van der Waals surface area contributed by atoms with Crippen molar-refractivity contribution in [3.8, 4) is 0 Å². The number of nitrogens with one attached hydrogen (secondary N) is 1. The summed E-state index contributed by atoms with van der Waals surface area (Å²) < 4.78 is 36.9. The molecule has 0 aliphatic carbocycles. The molecule has 0 fully saturated rings. The van der Waals surface area contributed by atoms with E-state index in [1.165, 1.54) is 12.1 Å². The number of amidine groups is 1. The summed E-state index contributed by atoms with van der Waals surface area (Å²) in [5, 5.41) is 13.3. The van der Waals surface area contributed by atoms with Gasteiger partial charge in [0.1, 0.15) is 0 Å². The van der Waals surface area contributed by atoms with Gasteiger partial charge < -0.3 is 16.3 Å². The lowest BCUT2D eigenvalue weighted by atomic mass is 10.1. The summed E-state index contributed by atoms with van der Waals surface area (Å²) in [6, 6.07) is 4.27. The molecule has 5 nitrogen and oxygen atoms in total. The molecule has 1 amide bonds. The third-order valence-corrected chi connectivity index (χ3v) is 2.24. The molecule has 0 radical (unpaired) electrons. The van der Waals surface area contributed by atoms with Crippen LogP contribution in [0, 0.1) is 0 Å². The van der Waals surface area contributed by atoms with Crippen LogP contribution in [0.15, 0.2) is 29.4 Å². The van der Waals surface area contributed by atoms with Gasteiger partial charge >= 0.3 is 6.18 Å². The lowest BCUT2D eigenvalue weighted by molar-refractivity contribution is -0.137. The minimum Gasteiger partial charge on any atom is -0.409 e. The van der Waals surface area contributed by atoms with Crippen LogP contribution < -0.4 is 11.1 Å². The summed E-state index contributed by atoms with van der Waals surface area (Å²) in [5.41, 5.74) is 4.81. The van der Waals surface area contributed by atoms with Gasteiger partial charge in [0.25, 0.3) is 0 Å². The molecule has 104 valence electrons. The molecule has 4 N–H and O–H groups in total. The highest BCUT2D eigenvalue weighted by Gasteiger charge is 2.29. The highest BCUT2D eigenvalue weighted by atomic mass is 19.4. The SMILES string of the molecule is NC(CNC(=O)Cc1ccc(C(F)(F)F)cc1)=NO. The van der Waals surface area contributed by atoms with Gasteiger partial charge in [-0.05, 0) is 17.7 Å². The maximum Gasteiger partial charge on any atom is 0.416 e. The number of carbonyl (C=O) groups excluding carboxylic acids is 1. The zero-order valence-electron chi connectivity index (χ0n) is 9.74. The van der Waals surface area contributed by atoms with Crippen LogP contribution in [0.5, 0.6) is 0 Å². The zero-order chi connectivity index (χ0) is 14.5. The van der Waals surface area contributed by atoms with Crippen molar-refractivity contribution in [2.45, 2.75) is 12.6 Å². The molecule has 19 heavy (non-hydrogen) atoms. The number of nitrogens with zero attached hydrogens (tertiary/aromatic N) is 1. The number of amides is 1. The molecule has 0 saturated carbocycles. The predicted octanol–water partition coefficient (Wildman–Crippen LogP) is 1.11.